The smallest absolute Gasteiger partial charge is 0.283 e. The summed E-state index contributed by atoms with van der Waals surface area (Å²) in [7, 11) is 1.45. The van der Waals surface area contributed by atoms with E-state index < -0.39 is 41.7 Å². The van der Waals surface area contributed by atoms with Crippen molar-refractivity contribution >= 4 is 23.3 Å². The van der Waals surface area contributed by atoms with Gasteiger partial charge in [0.2, 0.25) is 5.91 Å². The number of hydrogen-bond acceptors (Lipinski definition) is 4. The molecule has 2 aromatic heterocycles. The Balaban J connectivity index is 2.28. The molecule has 0 aromatic carbocycles. The van der Waals surface area contributed by atoms with Crippen LogP contribution < -0.4 is 5.32 Å². The molecule has 0 unspecified atom stereocenters. The number of alkyl halides is 4. The molecule has 1 N–H and O–H groups in total. The van der Waals surface area contributed by atoms with Crippen LogP contribution in [-0.4, -0.2) is 25.5 Å². The minimum atomic E-state index is -3.20. The number of hydrogen-bond donors (Lipinski definition) is 1. The molecule has 2 heterocycles. The first-order chi connectivity index (χ1) is 11.3. The molecule has 128 valence electrons. The third-order valence-electron chi connectivity index (χ3n) is 2.98. The Kier molecular flexibility index (Phi) is 5.08. The molecule has 7 nitrogen and oxygen atoms in total. The van der Waals surface area contributed by atoms with Gasteiger partial charge >= 0.3 is 0 Å². The minimum absolute atomic E-state index is 0.0356. The Morgan fingerprint density at radius 2 is 2.08 bits per heavy atom. The van der Waals surface area contributed by atoms with Gasteiger partial charge in [-0.25, -0.2) is 17.6 Å². The third kappa shape index (κ3) is 3.33. The first kappa shape index (κ1) is 17.7. The average molecular weight is 365 g/mol. The third-order valence-corrected chi connectivity index (χ3v) is 3.37. The number of carbonyl (C=O) groups excluding carboxylic acids is 1. The first-order valence-corrected chi connectivity index (χ1v) is 6.68. The number of rotatable bonds is 5. The molecule has 2 aromatic rings. The zero-order valence-corrected chi connectivity index (χ0v) is 12.7. The largest absolute Gasteiger partial charge is 0.308 e. The van der Waals surface area contributed by atoms with E-state index in [0.29, 0.717) is 4.68 Å². The lowest BCUT2D eigenvalue weighted by Gasteiger charge is -2.08. The fraction of sp³-hybridized carbons (Fsp3) is 0.333. The number of amides is 1. The predicted molar refractivity (Wildman–Crippen MR) is 73.7 cm³/mol. The number of nitrogens with zero attached hydrogens (tertiary/aromatic N) is 5. The van der Waals surface area contributed by atoms with Crippen molar-refractivity contribution in [2.75, 3.05) is 5.32 Å². The number of halogens is 5. The maximum absolute atomic E-state index is 13.0. The Morgan fingerprint density at radius 1 is 1.42 bits per heavy atom. The van der Waals surface area contributed by atoms with Crippen molar-refractivity contribution in [3.63, 3.8) is 0 Å². The molecule has 0 aliphatic carbocycles. The van der Waals surface area contributed by atoms with Gasteiger partial charge in [0, 0.05) is 7.05 Å². The molecule has 0 spiro atoms. The lowest BCUT2D eigenvalue weighted by molar-refractivity contribution is -0.117. The molecule has 24 heavy (non-hydrogen) atoms. The monoisotopic (exact) mass is 364 g/mol. The number of anilines is 1. The Labute approximate surface area is 137 Å². The fourth-order valence-electron chi connectivity index (χ4n) is 1.92. The summed E-state index contributed by atoms with van der Waals surface area (Å²) in [6.07, 6.45) is -5.17. The van der Waals surface area contributed by atoms with Gasteiger partial charge in [-0.15, -0.1) is 0 Å². The lowest BCUT2D eigenvalue weighted by atomic mass is 10.3. The van der Waals surface area contributed by atoms with Crippen LogP contribution in [0.15, 0.2) is 6.20 Å². The van der Waals surface area contributed by atoms with Gasteiger partial charge in [-0.3, -0.25) is 14.2 Å². The topological polar surface area (TPSA) is 88.5 Å². The lowest BCUT2D eigenvalue weighted by Crippen LogP contribution is -2.23. The van der Waals surface area contributed by atoms with Gasteiger partial charge in [0.1, 0.15) is 35.4 Å². The second kappa shape index (κ2) is 6.88. The quantitative estimate of drug-likeness (QED) is 0.826. The molecule has 0 aliphatic heterocycles. The van der Waals surface area contributed by atoms with Crippen LogP contribution in [0.5, 0.6) is 0 Å². The van der Waals surface area contributed by atoms with Crippen LogP contribution in [0.25, 0.3) is 0 Å². The molecular formula is C12H9ClF4N6O. The highest BCUT2D eigenvalue weighted by Gasteiger charge is 2.28. The molecule has 0 radical (unpaired) electrons. The second-order valence-electron chi connectivity index (χ2n) is 4.53. The van der Waals surface area contributed by atoms with E-state index >= 15 is 0 Å². The molecule has 1 amide bonds. The van der Waals surface area contributed by atoms with E-state index in [2.05, 4.69) is 15.5 Å². The van der Waals surface area contributed by atoms with Gasteiger partial charge in [0.15, 0.2) is 0 Å². The van der Waals surface area contributed by atoms with Gasteiger partial charge in [0.25, 0.3) is 12.9 Å². The molecular weight excluding hydrogens is 356 g/mol. The van der Waals surface area contributed by atoms with Gasteiger partial charge in [-0.2, -0.15) is 15.5 Å². The molecule has 0 fully saturated rings. The summed E-state index contributed by atoms with van der Waals surface area (Å²) in [6, 6.07) is 1.78. The van der Waals surface area contributed by atoms with Crippen LogP contribution in [0, 0.1) is 11.3 Å². The number of aryl methyl sites for hydroxylation is 1. The molecule has 2 rings (SSSR count). The minimum Gasteiger partial charge on any atom is -0.308 e. The van der Waals surface area contributed by atoms with Crippen molar-refractivity contribution in [1.29, 1.82) is 5.26 Å². The number of carbonyl (C=O) groups is 1. The number of nitriles is 1. The van der Waals surface area contributed by atoms with Crippen molar-refractivity contribution < 1.29 is 22.4 Å². The second-order valence-corrected chi connectivity index (χ2v) is 4.91. The van der Waals surface area contributed by atoms with E-state index in [1.807, 2.05) is 0 Å². The van der Waals surface area contributed by atoms with Crippen LogP contribution in [-0.2, 0) is 18.4 Å². The van der Waals surface area contributed by atoms with Gasteiger partial charge in [0.05, 0.1) is 11.2 Å². The summed E-state index contributed by atoms with van der Waals surface area (Å²) in [5.74, 6) is -0.828. The van der Waals surface area contributed by atoms with Crippen molar-refractivity contribution in [3.8, 4) is 6.07 Å². The summed E-state index contributed by atoms with van der Waals surface area (Å²) >= 11 is 5.49. The fourth-order valence-corrected chi connectivity index (χ4v) is 2.22. The van der Waals surface area contributed by atoms with Crippen LogP contribution in [0.3, 0.4) is 0 Å². The van der Waals surface area contributed by atoms with E-state index in [9.17, 15) is 22.4 Å². The van der Waals surface area contributed by atoms with Crippen LogP contribution in [0.4, 0.5) is 23.4 Å². The van der Waals surface area contributed by atoms with Crippen molar-refractivity contribution in [3.05, 3.63) is 28.2 Å². The van der Waals surface area contributed by atoms with Crippen LogP contribution in [0.1, 0.15) is 29.8 Å². The Hall–Kier alpha value is -2.61. The normalized spacial score (nSPS) is 11.1. The van der Waals surface area contributed by atoms with Crippen molar-refractivity contribution in [2.45, 2.75) is 19.4 Å². The highest BCUT2D eigenvalue weighted by molar-refractivity contribution is 6.32. The van der Waals surface area contributed by atoms with Crippen LogP contribution >= 0.6 is 11.6 Å². The molecule has 0 saturated heterocycles. The average Bonchev–Trinajstić information content (AvgIpc) is 3.00. The van der Waals surface area contributed by atoms with Gasteiger partial charge in [-0.05, 0) is 0 Å². The zero-order valence-electron chi connectivity index (χ0n) is 12.0. The molecule has 0 atom stereocenters. The molecule has 12 heteroatoms. The summed E-state index contributed by atoms with van der Waals surface area (Å²) < 4.78 is 53.0. The summed E-state index contributed by atoms with van der Waals surface area (Å²) in [5.41, 5.74) is -1.96. The maximum atomic E-state index is 13.0. The highest BCUT2D eigenvalue weighted by Crippen LogP contribution is 2.34. The summed E-state index contributed by atoms with van der Waals surface area (Å²) in [6.45, 7) is -0.790. The van der Waals surface area contributed by atoms with Gasteiger partial charge < -0.3 is 5.32 Å². The van der Waals surface area contributed by atoms with E-state index in [0.717, 1.165) is 0 Å². The molecule has 0 saturated carbocycles. The maximum Gasteiger partial charge on any atom is 0.283 e. The van der Waals surface area contributed by atoms with Crippen molar-refractivity contribution in [1.82, 2.24) is 19.6 Å². The van der Waals surface area contributed by atoms with E-state index in [-0.39, 0.29) is 11.4 Å². The van der Waals surface area contributed by atoms with Crippen molar-refractivity contribution in [2.24, 2.45) is 7.05 Å². The Bertz CT molecular complexity index is 809. The van der Waals surface area contributed by atoms with E-state index in [4.69, 9.17) is 16.9 Å². The van der Waals surface area contributed by atoms with Crippen LogP contribution in [0.2, 0.25) is 5.02 Å². The standard InChI is InChI=1S/C12H9ClF4N6O/c1-22-12(5(2-18)3-19-22)20-6(24)4-23-9(11(16)17)7(13)8(21-23)10(14)15/h3,10-11H,4H2,1H3,(H,20,24). The summed E-state index contributed by atoms with van der Waals surface area (Å²) in [4.78, 5) is 12.0. The zero-order chi connectivity index (χ0) is 18.0. The highest BCUT2D eigenvalue weighted by atomic mass is 35.5. The molecule has 0 aliphatic rings. The van der Waals surface area contributed by atoms with E-state index in [1.54, 1.807) is 6.07 Å². The number of nitrogens with one attached hydrogen (secondary N) is 1. The summed E-state index contributed by atoms with van der Waals surface area (Å²) in [5, 5.41) is 17.3. The number of aromatic nitrogens is 4. The Morgan fingerprint density at radius 3 is 2.62 bits per heavy atom. The molecule has 0 bridgehead atoms. The predicted octanol–water partition coefficient (Wildman–Crippen LogP) is 2.66. The first-order valence-electron chi connectivity index (χ1n) is 6.30. The SMILES string of the molecule is Cn1ncc(C#N)c1NC(=O)Cn1nc(C(F)F)c(Cl)c1C(F)F. The van der Waals surface area contributed by atoms with E-state index in [1.165, 1.54) is 17.9 Å². The van der Waals surface area contributed by atoms with Gasteiger partial charge in [-0.1, -0.05) is 11.6 Å².